The highest BCUT2D eigenvalue weighted by molar-refractivity contribution is 6.21. The lowest BCUT2D eigenvalue weighted by Crippen LogP contribution is -2.32. The number of allylic oxidation sites excluding steroid dienone is 2. The zero-order chi connectivity index (χ0) is 10.3. The third-order valence-electron chi connectivity index (χ3n) is 5.24. The molecular formula is C13H14O2. The third kappa shape index (κ3) is 0.640. The maximum atomic E-state index is 12.4. The molecule has 0 aromatic carbocycles. The van der Waals surface area contributed by atoms with E-state index >= 15 is 0 Å². The molecule has 15 heavy (non-hydrogen) atoms. The van der Waals surface area contributed by atoms with E-state index in [1.807, 2.05) is 0 Å². The van der Waals surface area contributed by atoms with Crippen LogP contribution in [0, 0.1) is 10.8 Å². The lowest BCUT2D eigenvalue weighted by molar-refractivity contribution is -0.129. The Balaban J connectivity index is 1.95. The molecule has 0 bridgehead atoms. The maximum Gasteiger partial charge on any atom is 0.166 e. The van der Waals surface area contributed by atoms with Crippen LogP contribution in [0.25, 0.3) is 0 Å². The number of Topliss-reactive ketones (excluding diaryl/α,β-unsaturated/α-hetero) is 2. The van der Waals surface area contributed by atoms with Gasteiger partial charge >= 0.3 is 0 Å². The minimum Gasteiger partial charge on any atom is -0.294 e. The Morgan fingerprint density at radius 3 is 1.87 bits per heavy atom. The molecule has 0 N–H and O–H groups in total. The molecule has 2 atom stereocenters. The van der Waals surface area contributed by atoms with Crippen LogP contribution in [0.4, 0.5) is 0 Å². The van der Waals surface area contributed by atoms with E-state index in [9.17, 15) is 9.59 Å². The highest BCUT2D eigenvalue weighted by Gasteiger charge is 2.79. The van der Waals surface area contributed by atoms with Gasteiger partial charge in [0.15, 0.2) is 11.6 Å². The van der Waals surface area contributed by atoms with Gasteiger partial charge in [0.1, 0.15) is 0 Å². The van der Waals surface area contributed by atoms with E-state index in [1.54, 1.807) is 0 Å². The van der Waals surface area contributed by atoms with Gasteiger partial charge in [0, 0.05) is 22.0 Å². The fourth-order valence-corrected chi connectivity index (χ4v) is 4.46. The summed E-state index contributed by atoms with van der Waals surface area (Å²) in [5.41, 5.74) is 1.48. The van der Waals surface area contributed by atoms with Gasteiger partial charge in [0.05, 0.1) is 0 Å². The molecule has 2 heteroatoms. The van der Waals surface area contributed by atoms with Crippen LogP contribution in [0.5, 0.6) is 0 Å². The van der Waals surface area contributed by atoms with Crippen molar-refractivity contribution in [3.05, 3.63) is 11.1 Å². The average Bonchev–Trinajstić information content (AvgIpc) is 2.67. The zero-order valence-electron chi connectivity index (χ0n) is 8.77. The van der Waals surface area contributed by atoms with E-state index in [1.165, 1.54) is 0 Å². The molecule has 0 saturated heterocycles. The molecule has 4 aliphatic carbocycles. The highest BCUT2D eigenvalue weighted by Crippen LogP contribution is 2.77. The summed E-state index contributed by atoms with van der Waals surface area (Å²) >= 11 is 0. The van der Waals surface area contributed by atoms with Gasteiger partial charge in [-0.2, -0.15) is 0 Å². The van der Waals surface area contributed by atoms with Crippen molar-refractivity contribution in [2.24, 2.45) is 10.8 Å². The number of rotatable bonds is 0. The Kier molecular flexibility index (Phi) is 1.16. The van der Waals surface area contributed by atoms with Crippen LogP contribution in [0.2, 0.25) is 0 Å². The number of carbonyl (C=O) groups excluding carboxylic acids is 2. The molecule has 0 amide bonds. The molecule has 78 valence electrons. The van der Waals surface area contributed by atoms with Gasteiger partial charge in [-0.15, -0.1) is 0 Å². The largest absolute Gasteiger partial charge is 0.294 e. The molecule has 2 nitrogen and oxygen atoms in total. The fourth-order valence-electron chi connectivity index (χ4n) is 4.46. The molecule has 2 unspecified atom stereocenters. The molecule has 0 aromatic rings. The first-order valence-electron chi connectivity index (χ1n) is 6.03. The Morgan fingerprint density at radius 2 is 1.33 bits per heavy atom. The van der Waals surface area contributed by atoms with Gasteiger partial charge < -0.3 is 0 Å². The topological polar surface area (TPSA) is 34.1 Å². The zero-order valence-corrected chi connectivity index (χ0v) is 8.77. The first-order valence-corrected chi connectivity index (χ1v) is 6.03. The fraction of sp³-hybridized carbons (Fsp3) is 0.692. The van der Waals surface area contributed by atoms with E-state index < -0.39 is 0 Å². The number of hydrogen-bond donors (Lipinski definition) is 0. The van der Waals surface area contributed by atoms with E-state index in [2.05, 4.69) is 0 Å². The van der Waals surface area contributed by atoms with Crippen LogP contribution in [0.15, 0.2) is 11.1 Å². The van der Waals surface area contributed by atoms with Crippen molar-refractivity contribution in [3.8, 4) is 0 Å². The van der Waals surface area contributed by atoms with Gasteiger partial charge in [-0.05, 0) is 38.5 Å². The van der Waals surface area contributed by atoms with Crippen LogP contribution in [0.1, 0.15) is 44.9 Å². The van der Waals surface area contributed by atoms with Crippen molar-refractivity contribution in [2.45, 2.75) is 44.9 Å². The summed E-state index contributed by atoms with van der Waals surface area (Å²) in [6, 6.07) is 0. The molecule has 0 aromatic heterocycles. The molecular weight excluding hydrogens is 188 g/mol. The summed E-state index contributed by atoms with van der Waals surface area (Å²) < 4.78 is 0. The Bertz CT molecular complexity index is 407. The number of ketones is 2. The monoisotopic (exact) mass is 202 g/mol. The summed E-state index contributed by atoms with van der Waals surface area (Å²) in [4.78, 5) is 24.8. The standard InChI is InChI=1S/C13H14O2/c14-10-8-3-1-4-9(8)11(15)13-6-2-5-12(10,13)7-13/h1-7H2. The van der Waals surface area contributed by atoms with Gasteiger partial charge in [-0.1, -0.05) is 6.42 Å². The summed E-state index contributed by atoms with van der Waals surface area (Å²) in [5, 5.41) is 0. The summed E-state index contributed by atoms with van der Waals surface area (Å²) in [6.07, 6.45) is 6.69. The molecule has 0 heterocycles. The van der Waals surface area contributed by atoms with Crippen molar-refractivity contribution >= 4 is 11.6 Å². The smallest absolute Gasteiger partial charge is 0.166 e. The predicted molar refractivity (Wildman–Crippen MR) is 54.2 cm³/mol. The molecule has 4 rings (SSSR count). The summed E-state index contributed by atoms with van der Waals surface area (Å²) in [5.74, 6) is 0.735. The Morgan fingerprint density at radius 1 is 0.800 bits per heavy atom. The lowest BCUT2D eigenvalue weighted by atomic mass is 9.77. The van der Waals surface area contributed by atoms with E-state index in [4.69, 9.17) is 0 Å². The lowest BCUT2D eigenvalue weighted by Gasteiger charge is -2.23. The van der Waals surface area contributed by atoms with Crippen LogP contribution in [0.3, 0.4) is 0 Å². The van der Waals surface area contributed by atoms with Crippen molar-refractivity contribution < 1.29 is 9.59 Å². The number of carbonyl (C=O) groups is 2. The van der Waals surface area contributed by atoms with E-state index in [-0.39, 0.29) is 10.8 Å². The second kappa shape index (κ2) is 2.11. The van der Waals surface area contributed by atoms with Crippen molar-refractivity contribution in [1.82, 2.24) is 0 Å². The van der Waals surface area contributed by atoms with Gasteiger partial charge in [-0.3, -0.25) is 9.59 Å². The Labute approximate surface area is 88.7 Å². The Hall–Kier alpha value is -0.920. The third-order valence-corrected chi connectivity index (χ3v) is 5.24. The minimum atomic E-state index is -0.187. The van der Waals surface area contributed by atoms with Crippen LogP contribution < -0.4 is 0 Å². The first kappa shape index (κ1) is 8.26. The van der Waals surface area contributed by atoms with E-state index in [0.717, 1.165) is 56.1 Å². The molecule has 0 aliphatic heterocycles. The van der Waals surface area contributed by atoms with E-state index in [0.29, 0.717) is 11.6 Å². The predicted octanol–water partition coefficient (Wildman–Crippen LogP) is 2.18. The maximum absolute atomic E-state index is 12.4. The normalized spacial score (nSPS) is 46.7. The molecule has 0 radical (unpaired) electrons. The van der Waals surface area contributed by atoms with Gasteiger partial charge in [0.25, 0.3) is 0 Å². The first-order chi connectivity index (χ1) is 7.21. The average molecular weight is 202 g/mol. The van der Waals surface area contributed by atoms with Gasteiger partial charge in [0.2, 0.25) is 0 Å². The molecule has 2 saturated carbocycles. The summed E-state index contributed by atoms with van der Waals surface area (Å²) in [7, 11) is 0. The van der Waals surface area contributed by atoms with Gasteiger partial charge in [-0.25, -0.2) is 0 Å². The second-order valence-corrected chi connectivity index (χ2v) is 5.66. The van der Waals surface area contributed by atoms with Crippen LogP contribution >= 0.6 is 0 Å². The minimum absolute atomic E-state index is 0.187. The SMILES string of the molecule is O=C1C2=C(CCC2)C(=O)C23CCCC12C3. The van der Waals surface area contributed by atoms with Crippen LogP contribution in [-0.4, -0.2) is 11.6 Å². The van der Waals surface area contributed by atoms with Crippen molar-refractivity contribution in [3.63, 3.8) is 0 Å². The number of hydrogen-bond acceptors (Lipinski definition) is 2. The van der Waals surface area contributed by atoms with Crippen LogP contribution in [-0.2, 0) is 9.59 Å². The molecule has 0 spiro atoms. The quantitative estimate of drug-likeness (QED) is 0.603. The van der Waals surface area contributed by atoms with Crippen molar-refractivity contribution in [1.29, 1.82) is 0 Å². The summed E-state index contributed by atoms with van der Waals surface area (Å²) in [6.45, 7) is 0. The van der Waals surface area contributed by atoms with Crippen molar-refractivity contribution in [2.75, 3.05) is 0 Å². The second-order valence-electron chi connectivity index (χ2n) is 5.66. The molecule has 2 fully saturated rings. The highest BCUT2D eigenvalue weighted by atomic mass is 16.1. The molecule has 4 aliphatic rings.